The third kappa shape index (κ3) is 2.70. The maximum absolute atomic E-state index is 10.7. The molecule has 1 aliphatic rings. The summed E-state index contributed by atoms with van der Waals surface area (Å²) in [6, 6.07) is 7.36. The highest BCUT2D eigenvalue weighted by molar-refractivity contribution is 6.16. The molecule has 4 aromatic rings. The molecule has 5 rings (SSSR count). The van der Waals surface area contributed by atoms with Crippen molar-refractivity contribution in [3.05, 3.63) is 47.8 Å². The molecule has 7 nitrogen and oxygen atoms in total. The van der Waals surface area contributed by atoms with Crippen LogP contribution >= 0.6 is 0 Å². The number of phenols is 1. The third-order valence-corrected chi connectivity index (χ3v) is 6.33. The molecule has 4 N–H and O–H groups in total. The first-order valence-electron chi connectivity index (χ1n) is 9.99. The number of nitrogens with zero attached hydrogens (tertiary/aromatic N) is 1. The van der Waals surface area contributed by atoms with Crippen LogP contribution in [0.15, 0.2) is 36.7 Å². The summed E-state index contributed by atoms with van der Waals surface area (Å²) in [6.45, 7) is 4.22. The fraction of sp³-hybridized carbons (Fsp3) is 0.348. The molecule has 3 heterocycles. The van der Waals surface area contributed by atoms with E-state index in [1.165, 1.54) is 7.11 Å². The van der Waals surface area contributed by atoms with E-state index in [0.717, 1.165) is 43.7 Å². The van der Waals surface area contributed by atoms with E-state index in [0.29, 0.717) is 0 Å². The first-order chi connectivity index (χ1) is 14.4. The van der Waals surface area contributed by atoms with Gasteiger partial charge in [-0.05, 0) is 48.6 Å². The number of nitrogens with one attached hydrogen (secondary N) is 1. The van der Waals surface area contributed by atoms with Crippen LogP contribution in [0.2, 0.25) is 0 Å². The van der Waals surface area contributed by atoms with Crippen LogP contribution in [0.4, 0.5) is 0 Å². The third-order valence-electron chi connectivity index (χ3n) is 6.33. The van der Waals surface area contributed by atoms with E-state index in [2.05, 4.69) is 18.8 Å². The zero-order valence-electron chi connectivity index (χ0n) is 17.1. The molecule has 1 fully saturated rings. The maximum atomic E-state index is 10.7. The van der Waals surface area contributed by atoms with Crippen molar-refractivity contribution in [1.29, 1.82) is 0 Å². The van der Waals surface area contributed by atoms with Gasteiger partial charge in [-0.3, -0.25) is 0 Å². The molecule has 2 aromatic heterocycles. The summed E-state index contributed by atoms with van der Waals surface area (Å²) in [4.78, 5) is 3.48. The first-order valence-corrected chi connectivity index (χ1v) is 9.99. The molecule has 1 aliphatic heterocycles. The van der Waals surface area contributed by atoms with E-state index in [9.17, 15) is 15.3 Å². The molecule has 0 saturated carbocycles. The Bertz CT molecular complexity index is 1280. The van der Waals surface area contributed by atoms with Gasteiger partial charge in [-0.1, -0.05) is 0 Å². The van der Waals surface area contributed by atoms with Crippen LogP contribution in [0.5, 0.6) is 5.75 Å². The fourth-order valence-corrected chi connectivity index (χ4v) is 4.76. The second-order valence-corrected chi connectivity index (χ2v) is 8.06. The number of rotatable bonds is 2. The van der Waals surface area contributed by atoms with Crippen LogP contribution < -0.4 is 4.57 Å². The quantitative estimate of drug-likeness (QED) is 0.381. The Kier molecular flexibility index (Phi) is 4.44. The Balaban J connectivity index is 1.72. The number of aliphatic hydroxyl groups excluding tert-OH is 2. The number of benzene rings is 2. The predicted molar refractivity (Wildman–Crippen MR) is 112 cm³/mol. The number of hydrogen-bond donors (Lipinski definition) is 4. The van der Waals surface area contributed by atoms with Crippen molar-refractivity contribution in [1.82, 2.24) is 4.98 Å². The number of aromatic nitrogens is 2. The number of hydrogen-bond acceptors (Lipinski definition) is 5. The summed E-state index contributed by atoms with van der Waals surface area (Å²) in [5.41, 5.74) is 4.21. The molecule has 1 saturated heterocycles. The van der Waals surface area contributed by atoms with Gasteiger partial charge in [0.25, 0.3) is 6.23 Å². The molecule has 0 radical (unpaired) electrons. The van der Waals surface area contributed by atoms with E-state index in [1.807, 2.05) is 29.1 Å². The topological polar surface area (TPSA) is 98.8 Å². The Morgan fingerprint density at radius 2 is 1.90 bits per heavy atom. The zero-order chi connectivity index (χ0) is 21.2. The second kappa shape index (κ2) is 6.92. The van der Waals surface area contributed by atoms with E-state index >= 15 is 0 Å². The Labute approximate surface area is 173 Å². The Morgan fingerprint density at radius 3 is 2.67 bits per heavy atom. The predicted octanol–water partition coefficient (Wildman–Crippen LogP) is 2.35. The Morgan fingerprint density at radius 1 is 1.10 bits per heavy atom. The van der Waals surface area contributed by atoms with Gasteiger partial charge in [0.1, 0.15) is 18.0 Å². The van der Waals surface area contributed by atoms with Crippen molar-refractivity contribution in [3.63, 3.8) is 0 Å². The van der Waals surface area contributed by atoms with Gasteiger partial charge in [0, 0.05) is 34.9 Å². The fourth-order valence-electron chi connectivity index (χ4n) is 4.76. The lowest BCUT2D eigenvalue weighted by Gasteiger charge is -2.33. The molecule has 0 amide bonds. The monoisotopic (exact) mass is 409 g/mol. The molecule has 0 aliphatic carbocycles. The van der Waals surface area contributed by atoms with Gasteiger partial charge in [0.2, 0.25) is 0 Å². The second-order valence-electron chi connectivity index (χ2n) is 8.06. The van der Waals surface area contributed by atoms with Crippen molar-refractivity contribution < 1.29 is 29.4 Å². The highest BCUT2D eigenvalue weighted by Gasteiger charge is 2.44. The van der Waals surface area contributed by atoms with Crippen molar-refractivity contribution in [3.8, 4) is 5.75 Å². The highest BCUT2D eigenvalue weighted by atomic mass is 16.6. The smallest absolute Gasteiger partial charge is 0.291 e. The minimum atomic E-state index is -1.00. The lowest BCUT2D eigenvalue weighted by molar-refractivity contribution is -0.774. The van der Waals surface area contributed by atoms with Gasteiger partial charge in [-0.2, -0.15) is 4.57 Å². The van der Waals surface area contributed by atoms with Gasteiger partial charge in [0.15, 0.2) is 18.5 Å². The van der Waals surface area contributed by atoms with Gasteiger partial charge >= 0.3 is 0 Å². The molecule has 0 bridgehead atoms. The number of aromatic hydroxyl groups is 1. The molecular formula is C23H25N2O5+. The summed E-state index contributed by atoms with van der Waals surface area (Å²) in [5, 5.41) is 34.9. The van der Waals surface area contributed by atoms with E-state index < -0.39 is 24.5 Å². The van der Waals surface area contributed by atoms with Crippen molar-refractivity contribution >= 4 is 32.6 Å². The molecule has 4 atom stereocenters. The molecule has 2 aromatic carbocycles. The largest absolute Gasteiger partial charge is 0.508 e. The lowest BCUT2D eigenvalue weighted by atomic mass is 9.96. The summed E-state index contributed by atoms with van der Waals surface area (Å²) in [6.07, 6.45) is 0.602. The molecule has 7 heteroatoms. The van der Waals surface area contributed by atoms with Crippen molar-refractivity contribution in [2.45, 2.75) is 38.4 Å². The van der Waals surface area contributed by atoms with Crippen LogP contribution in [-0.2, 0) is 9.47 Å². The number of phenolic OH excluding ortho intramolecular Hbond substituents is 1. The number of aliphatic hydroxyl groups is 2. The molecule has 0 unspecified atom stereocenters. The van der Waals surface area contributed by atoms with Gasteiger partial charge in [-0.15, -0.1) is 0 Å². The van der Waals surface area contributed by atoms with Crippen molar-refractivity contribution in [2.24, 2.45) is 0 Å². The number of aryl methyl sites for hydroxylation is 2. The minimum absolute atomic E-state index is 0.0873. The summed E-state index contributed by atoms with van der Waals surface area (Å²) >= 11 is 0. The van der Waals surface area contributed by atoms with Crippen LogP contribution in [0.1, 0.15) is 17.4 Å². The first kappa shape index (κ1) is 19.3. The minimum Gasteiger partial charge on any atom is -0.508 e. The van der Waals surface area contributed by atoms with Gasteiger partial charge < -0.3 is 29.8 Å². The number of H-pyrrole nitrogens is 1. The van der Waals surface area contributed by atoms with Crippen LogP contribution in [0.3, 0.4) is 0 Å². The number of ether oxygens (including phenoxy) is 2. The zero-order valence-corrected chi connectivity index (χ0v) is 17.1. The highest BCUT2D eigenvalue weighted by Crippen LogP contribution is 2.37. The number of methoxy groups -OCH3 is 1. The summed E-state index contributed by atoms with van der Waals surface area (Å²) < 4.78 is 12.9. The van der Waals surface area contributed by atoms with Crippen LogP contribution in [0.25, 0.3) is 32.6 Å². The van der Waals surface area contributed by atoms with E-state index in [-0.39, 0.29) is 12.4 Å². The summed E-state index contributed by atoms with van der Waals surface area (Å²) in [5.74, 6) is 0.228. The Hall–Kier alpha value is -2.71. The lowest BCUT2D eigenvalue weighted by Crippen LogP contribution is -2.59. The molecule has 30 heavy (non-hydrogen) atoms. The van der Waals surface area contributed by atoms with E-state index in [4.69, 9.17) is 9.47 Å². The van der Waals surface area contributed by atoms with Crippen molar-refractivity contribution in [2.75, 3.05) is 13.7 Å². The average Bonchev–Trinajstić information content (AvgIpc) is 3.11. The maximum Gasteiger partial charge on any atom is 0.291 e. The number of pyridine rings is 1. The van der Waals surface area contributed by atoms with Gasteiger partial charge in [0.05, 0.1) is 12.1 Å². The van der Waals surface area contributed by atoms with Crippen LogP contribution in [0, 0.1) is 13.8 Å². The number of fused-ring (bicyclic) bond motifs is 4. The van der Waals surface area contributed by atoms with Gasteiger partial charge in [-0.25, -0.2) is 0 Å². The molecule has 0 spiro atoms. The normalized spacial score (nSPS) is 24.8. The van der Waals surface area contributed by atoms with Crippen LogP contribution in [-0.4, -0.2) is 52.3 Å². The molecular weight excluding hydrogens is 384 g/mol. The number of aromatic amines is 1. The SMILES string of the molecule is CO[C@@H]1[C@@H](O)[C@H]([n+]2ccc3c(C)c4[nH]c5ccc(O)cc5c4c(C)c3c2)OC[C@@H]1O. The molecule has 156 valence electrons. The average molecular weight is 409 g/mol. The summed E-state index contributed by atoms with van der Waals surface area (Å²) in [7, 11) is 1.47. The standard InChI is InChI=1S/C23H24N2O5/c1-11-16-9-25(23-21(28)22(29-3)18(27)10-30-23)7-6-14(16)12(2)20-19(11)15-8-13(26)4-5-17(15)24-20/h4-9,18,21-23,26-28H,10H2,1-3H3/p+1/t18-,21+,22-,23+/m0/s1. The van der Waals surface area contributed by atoms with E-state index in [1.54, 1.807) is 12.1 Å².